The zero-order valence-electron chi connectivity index (χ0n) is 9.73. The Hall–Kier alpha value is -1.10. The first kappa shape index (κ1) is 11.4. The highest BCUT2D eigenvalue weighted by Gasteiger charge is 2.34. The lowest BCUT2D eigenvalue weighted by molar-refractivity contribution is -0.146. The SMILES string of the molecule is CC1CCC(CN2C(=O)CNC(=O)C2C)O1. The third kappa shape index (κ3) is 2.19. The molecular weight excluding hydrogens is 208 g/mol. The molecule has 2 saturated heterocycles. The van der Waals surface area contributed by atoms with Gasteiger partial charge in [0.05, 0.1) is 18.8 Å². The van der Waals surface area contributed by atoms with Gasteiger partial charge in [-0.15, -0.1) is 0 Å². The molecule has 90 valence electrons. The van der Waals surface area contributed by atoms with E-state index >= 15 is 0 Å². The Kier molecular flexibility index (Phi) is 3.14. The molecule has 0 aromatic carbocycles. The molecule has 2 fully saturated rings. The minimum Gasteiger partial charge on any atom is -0.373 e. The maximum absolute atomic E-state index is 11.7. The molecule has 2 rings (SSSR count). The third-order valence-electron chi connectivity index (χ3n) is 3.30. The Balaban J connectivity index is 1.96. The summed E-state index contributed by atoms with van der Waals surface area (Å²) in [5.41, 5.74) is 0. The summed E-state index contributed by atoms with van der Waals surface area (Å²) < 4.78 is 5.67. The second-order valence-electron chi connectivity index (χ2n) is 4.59. The van der Waals surface area contributed by atoms with Crippen LogP contribution in [0.1, 0.15) is 26.7 Å². The first-order valence-electron chi connectivity index (χ1n) is 5.80. The fraction of sp³-hybridized carbons (Fsp3) is 0.818. The first-order chi connectivity index (χ1) is 7.58. The van der Waals surface area contributed by atoms with E-state index in [-0.39, 0.29) is 36.6 Å². The smallest absolute Gasteiger partial charge is 0.242 e. The topological polar surface area (TPSA) is 58.6 Å². The van der Waals surface area contributed by atoms with E-state index in [1.807, 2.05) is 6.92 Å². The van der Waals surface area contributed by atoms with Crippen molar-refractivity contribution in [1.82, 2.24) is 10.2 Å². The van der Waals surface area contributed by atoms with E-state index in [2.05, 4.69) is 5.32 Å². The van der Waals surface area contributed by atoms with Crippen molar-refractivity contribution >= 4 is 11.8 Å². The van der Waals surface area contributed by atoms with Crippen molar-refractivity contribution in [2.45, 2.75) is 44.9 Å². The number of carbonyl (C=O) groups is 2. The van der Waals surface area contributed by atoms with Crippen molar-refractivity contribution < 1.29 is 14.3 Å². The Labute approximate surface area is 95.1 Å². The monoisotopic (exact) mass is 226 g/mol. The molecule has 16 heavy (non-hydrogen) atoms. The molecule has 0 saturated carbocycles. The Morgan fingerprint density at radius 3 is 2.75 bits per heavy atom. The molecule has 2 amide bonds. The van der Waals surface area contributed by atoms with Crippen molar-refractivity contribution in [1.29, 1.82) is 0 Å². The molecule has 0 aromatic heterocycles. The van der Waals surface area contributed by atoms with Crippen molar-refractivity contribution in [2.75, 3.05) is 13.1 Å². The number of carbonyl (C=O) groups excluding carboxylic acids is 2. The van der Waals surface area contributed by atoms with Crippen LogP contribution in [0.5, 0.6) is 0 Å². The largest absolute Gasteiger partial charge is 0.373 e. The van der Waals surface area contributed by atoms with Gasteiger partial charge in [0.2, 0.25) is 11.8 Å². The van der Waals surface area contributed by atoms with Crippen LogP contribution in [-0.2, 0) is 14.3 Å². The van der Waals surface area contributed by atoms with Gasteiger partial charge in [0.25, 0.3) is 0 Å². The molecular formula is C11H18N2O3. The number of ether oxygens (including phenoxy) is 1. The van der Waals surface area contributed by atoms with Crippen LogP contribution >= 0.6 is 0 Å². The summed E-state index contributed by atoms with van der Waals surface area (Å²) >= 11 is 0. The lowest BCUT2D eigenvalue weighted by Gasteiger charge is -2.34. The fourth-order valence-electron chi connectivity index (χ4n) is 2.27. The van der Waals surface area contributed by atoms with Crippen molar-refractivity contribution in [3.8, 4) is 0 Å². The van der Waals surface area contributed by atoms with Gasteiger partial charge in [-0.25, -0.2) is 0 Å². The van der Waals surface area contributed by atoms with Crippen LogP contribution < -0.4 is 5.32 Å². The van der Waals surface area contributed by atoms with E-state index < -0.39 is 0 Å². The number of nitrogens with one attached hydrogen (secondary N) is 1. The molecule has 0 spiro atoms. The highest BCUT2D eigenvalue weighted by molar-refractivity contribution is 5.94. The zero-order chi connectivity index (χ0) is 11.7. The molecule has 1 N–H and O–H groups in total. The second-order valence-corrected chi connectivity index (χ2v) is 4.59. The van der Waals surface area contributed by atoms with Crippen LogP contribution in [0.15, 0.2) is 0 Å². The predicted octanol–water partition coefficient (Wildman–Crippen LogP) is -0.0992. The van der Waals surface area contributed by atoms with Gasteiger partial charge >= 0.3 is 0 Å². The van der Waals surface area contributed by atoms with Crippen LogP contribution in [0.4, 0.5) is 0 Å². The number of hydrogen-bond donors (Lipinski definition) is 1. The van der Waals surface area contributed by atoms with Gasteiger partial charge in [-0.3, -0.25) is 9.59 Å². The van der Waals surface area contributed by atoms with Gasteiger partial charge in [0.1, 0.15) is 6.04 Å². The van der Waals surface area contributed by atoms with Crippen LogP contribution in [0.2, 0.25) is 0 Å². The molecule has 5 nitrogen and oxygen atoms in total. The Bertz CT molecular complexity index is 306. The van der Waals surface area contributed by atoms with E-state index in [4.69, 9.17) is 4.74 Å². The number of piperazine rings is 1. The van der Waals surface area contributed by atoms with E-state index in [0.29, 0.717) is 6.54 Å². The van der Waals surface area contributed by atoms with Crippen LogP contribution in [0, 0.1) is 0 Å². The molecule has 5 heteroatoms. The van der Waals surface area contributed by atoms with E-state index in [1.165, 1.54) is 0 Å². The summed E-state index contributed by atoms with van der Waals surface area (Å²) in [6, 6.07) is -0.374. The van der Waals surface area contributed by atoms with Gasteiger partial charge in [0, 0.05) is 6.54 Å². The summed E-state index contributed by atoms with van der Waals surface area (Å²) in [6.07, 6.45) is 2.37. The van der Waals surface area contributed by atoms with E-state index in [1.54, 1.807) is 11.8 Å². The van der Waals surface area contributed by atoms with Gasteiger partial charge in [-0.2, -0.15) is 0 Å². The lowest BCUT2D eigenvalue weighted by atomic mass is 10.1. The normalized spacial score (nSPS) is 35.4. The molecule has 3 unspecified atom stereocenters. The summed E-state index contributed by atoms with van der Waals surface area (Å²) in [5.74, 6) is -0.0964. The van der Waals surface area contributed by atoms with Crippen molar-refractivity contribution in [2.24, 2.45) is 0 Å². The third-order valence-corrected chi connectivity index (χ3v) is 3.30. The van der Waals surface area contributed by atoms with Crippen LogP contribution in [0.25, 0.3) is 0 Å². The van der Waals surface area contributed by atoms with E-state index in [0.717, 1.165) is 12.8 Å². The van der Waals surface area contributed by atoms with Gasteiger partial charge < -0.3 is 15.0 Å². The van der Waals surface area contributed by atoms with Gasteiger partial charge in [-0.1, -0.05) is 0 Å². The number of nitrogens with zero attached hydrogens (tertiary/aromatic N) is 1. The maximum atomic E-state index is 11.7. The average molecular weight is 226 g/mol. The minimum atomic E-state index is -0.374. The van der Waals surface area contributed by atoms with Gasteiger partial charge in [-0.05, 0) is 26.7 Å². The average Bonchev–Trinajstić information content (AvgIpc) is 2.65. The minimum absolute atomic E-state index is 0.0183. The molecule has 3 atom stereocenters. The van der Waals surface area contributed by atoms with E-state index in [9.17, 15) is 9.59 Å². The second kappa shape index (κ2) is 4.41. The van der Waals surface area contributed by atoms with Gasteiger partial charge in [0.15, 0.2) is 0 Å². The number of amides is 2. The van der Waals surface area contributed by atoms with Crippen LogP contribution in [0.3, 0.4) is 0 Å². The summed E-state index contributed by atoms with van der Waals surface area (Å²) in [4.78, 5) is 24.7. The molecule has 2 aliphatic rings. The Morgan fingerprint density at radius 2 is 2.12 bits per heavy atom. The Morgan fingerprint density at radius 1 is 1.38 bits per heavy atom. The highest BCUT2D eigenvalue weighted by atomic mass is 16.5. The number of rotatable bonds is 2. The highest BCUT2D eigenvalue weighted by Crippen LogP contribution is 2.21. The van der Waals surface area contributed by atoms with Crippen molar-refractivity contribution in [3.63, 3.8) is 0 Å². The molecule has 2 heterocycles. The van der Waals surface area contributed by atoms with Crippen molar-refractivity contribution in [3.05, 3.63) is 0 Å². The summed E-state index contributed by atoms with van der Waals surface area (Å²) in [6.45, 7) is 4.45. The first-order valence-corrected chi connectivity index (χ1v) is 5.80. The van der Waals surface area contributed by atoms with Crippen LogP contribution in [-0.4, -0.2) is 48.1 Å². The summed E-state index contributed by atoms with van der Waals surface area (Å²) in [5, 5.41) is 2.57. The molecule has 0 bridgehead atoms. The summed E-state index contributed by atoms with van der Waals surface area (Å²) in [7, 11) is 0. The standard InChI is InChI=1S/C11H18N2O3/c1-7-3-4-9(16-7)6-13-8(2)11(15)12-5-10(13)14/h7-9H,3-6H2,1-2H3,(H,12,15). The quantitative estimate of drug-likeness (QED) is 0.715. The molecule has 0 aromatic rings. The maximum Gasteiger partial charge on any atom is 0.242 e. The number of hydrogen-bond acceptors (Lipinski definition) is 3. The lowest BCUT2D eigenvalue weighted by Crippen LogP contribution is -2.58. The zero-order valence-corrected chi connectivity index (χ0v) is 9.73. The molecule has 2 aliphatic heterocycles. The molecule has 0 aliphatic carbocycles. The predicted molar refractivity (Wildman–Crippen MR) is 57.8 cm³/mol. The fourth-order valence-corrected chi connectivity index (χ4v) is 2.27. The molecule has 0 radical (unpaired) electrons.